The first-order chi connectivity index (χ1) is 18.2. The summed E-state index contributed by atoms with van der Waals surface area (Å²) in [4.78, 5) is 14.7. The minimum atomic E-state index is 0.212. The second-order valence-corrected chi connectivity index (χ2v) is 8.70. The maximum atomic E-state index is 10.3. The monoisotopic (exact) mass is 477 g/mol. The molecule has 0 atom stereocenters. The number of pyridine rings is 1. The van der Waals surface area contributed by atoms with Crippen LogP contribution in [0.5, 0.6) is 5.75 Å². The van der Waals surface area contributed by atoms with E-state index in [0.29, 0.717) is 11.4 Å². The molecule has 1 N–H and O–H groups in total. The average Bonchev–Trinajstić information content (AvgIpc) is 2.98. The molecule has 0 spiro atoms. The minimum Gasteiger partial charge on any atom is -0.507 e. The number of aromatic nitrogens is 3. The van der Waals surface area contributed by atoms with Gasteiger partial charge in [-0.05, 0) is 36.4 Å². The summed E-state index contributed by atoms with van der Waals surface area (Å²) in [5.74, 6) is 0.894. The lowest BCUT2D eigenvalue weighted by molar-refractivity contribution is 0.477. The van der Waals surface area contributed by atoms with E-state index in [1.165, 1.54) is 0 Å². The third kappa shape index (κ3) is 4.73. The van der Waals surface area contributed by atoms with Gasteiger partial charge in [0.1, 0.15) is 5.75 Å². The summed E-state index contributed by atoms with van der Waals surface area (Å²) in [7, 11) is 0. The predicted octanol–water partition coefficient (Wildman–Crippen LogP) is 7.91. The molecule has 0 bridgehead atoms. The maximum Gasteiger partial charge on any atom is 0.160 e. The van der Waals surface area contributed by atoms with Crippen LogP contribution in [0, 0.1) is 0 Å². The molecule has 0 aliphatic rings. The van der Waals surface area contributed by atoms with E-state index < -0.39 is 0 Å². The minimum absolute atomic E-state index is 0.212. The van der Waals surface area contributed by atoms with Crippen molar-refractivity contribution in [2.24, 2.45) is 0 Å². The average molecular weight is 478 g/mol. The van der Waals surface area contributed by atoms with Crippen LogP contribution in [0.3, 0.4) is 0 Å². The zero-order chi connectivity index (χ0) is 25.0. The largest absolute Gasteiger partial charge is 0.507 e. The normalized spacial score (nSPS) is 10.8. The van der Waals surface area contributed by atoms with Crippen LogP contribution in [-0.4, -0.2) is 20.1 Å². The van der Waals surface area contributed by atoms with Crippen LogP contribution in [0.15, 0.2) is 133 Å². The second kappa shape index (κ2) is 9.88. The number of phenolic OH excluding ortho intramolecular Hbond substituents is 1. The molecular formula is C33H23N3O. The molecule has 0 saturated carbocycles. The van der Waals surface area contributed by atoms with Gasteiger partial charge in [0.05, 0.1) is 22.8 Å². The van der Waals surface area contributed by atoms with Crippen molar-refractivity contribution in [3.8, 4) is 62.2 Å². The van der Waals surface area contributed by atoms with Gasteiger partial charge in [-0.3, -0.25) is 0 Å². The van der Waals surface area contributed by atoms with Gasteiger partial charge in [-0.1, -0.05) is 97.1 Å². The predicted molar refractivity (Wildman–Crippen MR) is 149 cm³/mol. The lowest BCUT2D eigenvalue weighted by Gasteiger charge is -2.11. The Morgan fingerprint density at radius 3 is 1.65 bits per heavy atom. The molecule has 2 heterocycles. The van der Waals surface area contributed by atoms with E-state index in [9.17, 15) is 5.11 Å². The van der Waals surface area contributed by atoms with Crippen LogP contribution < -0.4 is 0 Å². The van der Waals surface area contributed by atoms with Gasteiger partial charge >= 0.3 is 0 Å². The first kappa shape index (κ1) is 22.4. The van der Waals surface area contributed by atoms with Crippen molar-refractivity contribution < 1.29 is 5.11 Å². The summed E-state index contributed by atoms with van der Waals surface area (Å²) in [6, 6.07) is 43.5. The van der Waals surface area contributed by atoms with Crippen LogP contribution in [0.4, 0.5) is 0 Å². The molecule has 0 radical (unpaired) electrons. The third-order valence-corrected chi connectivity index (χ3v) is 6.21. The van der Waals surface area contributed by atoms with Gasteiger partial charge in [-0.15, -0.1) is 0 Å². The zero-order valence-electron chi connectivity index (χ0n) is 20.0. The first-order valence-corrected chi connectivity index (χ1v) is 12.1. The van der Waals surface area contributed by atoms with Crippen molar-refractivity contribution in [3.63, 3.8) is 0 Å². The molecular weight excluding hydrogens is 454 g/mol. The molecule has 0 saturated heterocycles. The van der Waals surface area contributed by atoms with Crippen molar-refractivity contribution in [2.75, 3.05) is 0 Å². The van der Waals surface area contributed by atoms with Gasteiger partial charge in [0.15, 0.2) is 5.82 Å². The van der Waals surface area contributed by atoms with Gasteiger partial charge in [0.25, 0.3) is 0 Å². The standard InChI is InChI=1S/C33H23N3O/c37-32-20-8-7-17-27(32)29-19-10-18-28(34-29)25-15-9-16-26(21-25)31-22-30(23-11-3-1-4-12-23)35-33(36-31)24-13-5-2-6-14-24/h1-22,37H. The summed E-state index contributed by atoms with van der Waals surface area (Å²) < 4.78 is 0. The molecule has 6 rings (SSSR count). The Morgan fingerprint density at radius 1 is 0.378 bits per heavy atom. The molecule has 37 heavy (non-hydrogen) atoms. The summed E-state index contributed by atoms with van der Waals surface area (Å²) in [5, 5.41) is 10.3. The van der Waals surface area contributed by atoms with Crippen LogP contribution in [0.2, 0.25) is 0 Å². The van der Waals surface area contributed by atoms with Crippen molar-refractivity contribution in [3.05, 3.63) is 133 Å². The number of hydrogen-bond acceptors (Lipinski definition) is 4. The Bertz CT molecular complexity index is 1620. The van der Waals surface area contributed by atoms with Crippen LogP contribution in [0.25, 0.3) is 56.4 Å². The fourth-order valence-electron chi connectivity index (χ4n) is 4.34. The molecule has 0 amide bonds. The summed E-state index contributed by atoms with van der Waals surface area (Å²) in [6.07, 6.45) is 0. The quantitative estimate of drug-likeness (QED) is 0.274. The number of rotatable bonds is 5. The maximum absolute atomic E-state index is 10.3. The van der Waals surface area contributed by atoms with Gasteiger partial charge in [-0.25, -0.2) is 15.0 Å². The first-order valence-electron chi connectivity index (χ1n) is 12.1. The van der Waals surface area contributed by atoms with E-state index in [4.69, 9.17) is 15.0 Å². The molecule has 0 aliphatic heterocycles. The van der Waals surface area contributed by atoms with Crippen molar-refractivity contribution in [2.45, 2.75) is 0 Å². The smallest absolute Gasteiger partial charge is 0.160 e. The summed E-state index contributed by atoms with van der Waals surface area (Å²) >= 11 is 0. The van der Waals surface area contributed by atoms with E-state index >= 15 is 0 Å². The molecule has 4 heteroatoms. The molecule has 4 nitrogen and oxygen atoms in total. The Kier molecular flexibility index (Phi) is 5.97. The highest BCUT2D eigenvalue weighted by molar-refractivity contribution is 5.76. The number of aromatic hydroxyl groups is 1. The van der Waals surface area contributed by atoms with Gasteiger partial charge in [-0.2, -0.15) is 0 Å². The SMILES string of the molecule is Oc1ccccc1-c1cccc(-c2cccc(-c3cc(-c4ccccc4)nc(-c4ccccc4)n3)c2)n1. The Labute approximate surface area is 215 Å². The molecule has 4 aromatic carbocycles. The molecule has 6 aromatic rings. The Hall–Kier alpha value is -5.09. The number of benzene rings is 4. The van der Waals surface area contributed by atoms with Crippen molar-refractivity contribution >= 4 is 0 Å². The fourth-order valence-corrected chi connectivity index (χ4v) is 4.34. The molecule has 0 fully saturated rings. The molecule has 0 unspecified atom stereocenters. The van der Waals surface area contributed by atoms with E-state index in [1.54, 1.807) is 12.1 Å². The summed E-state index contributed by atoms with van der Waals surface area (Å²) in [5.41, 5.74) is 7.91. The highest BCUT2D eigenvalue weighted by Gasteiger charge is 2.12. The van der Waals surface area contributed by atoms with Crippen LogP contribution in [-0.2, 0) is 0 Å². The second-order valence-electron chi connectivity index (χ2n) is 8.70. The molecule has 176 valence electrons. The number of nitrogens with zero attached hydrogens (tertiary/aromatic N) is 3. The number of phenols is 1. The van der Waals surface area contributed by atoms with E-state index in [-0.39, 0.29) is 5.75 Å². The lowest BCUT2D eigenvalue weighted by atomic mass is 10.0. The number of hydrogen-bond donors (Lipinski definition) is 1. The topological polar surface area (TPSA) is 58.9 Å². The Morgan fingerprint density at radius 2 is 0.919 bits per heavy atom. The van der Waals surface area contributed by atoms with Gasteiger partial charge in [0.2, 0.25) is 0 Å². The van der Waals surface area contributed by atoms with Gasteiger partial charge in [0, 0.05) is 27.8 Å². The fraction of sp³-hybridized carbons (Fsp3) is 0. The van der Waals surface area contributed by atoms with Crippen LogP contribution >= 0.6 is 0 Å². The Balaban J connectivity index is 1.45. The highest BCUT2D eigenvalue weighted by Crippen LogP contribution is 2.32. The van der Waals surface area contributed by atoms with E-state index in [1.807, 2.05) is 97.1 Å². The van der Waals surface area contributed by atoms with Crippen molar-refractivity contribution in [1.82, 2.24) is 15.0 Å². The third-order valence-electron chi connectivity index (χ3n) is 6.21. The van der Waals surface area contributed by atoms with Crippen LogP contribution in [0.1, 0.15) is 0 Å². The summed E-state index contributed by atoms with van der Waals surface area (Å²) in [6.45, 7) is 0. The lowest BCUT2D eigenvalue weighted by Crippen LogP contribution is -1.96. The van der Waals surface area contributed by atoms with Gasteiger partial charge < -0.3 is 5.11 Å². The van der Waals surface area contributed by atoms with E-state index in [2.05, 4.69) is 24.3 Å². The highest BCUT2D eigenvalue weighted by atomic mass is 16.3. The van der Waals surface area contributed by atoms with Crippen molar-refractivity contribution in [1.29, 1.82) is 0 Å². The molecule has 2 aromatic heterocycles. The van der Waals surface area contributed by atoms with E-state index in [0.717, 1.165) is 45.0 Å². The number of para-hydroxylation sites is 1. The molecule has 0 aliphatic carbocycles. The zero-order valence-corrected chi connectivity index (χ0v) is 20.0.